The summed E-state index contributed by atoms with van der Waals surface area (Å²) < 4.78 is 0. The van der Waals surface area contributed by atoms with Gasteiger partial charge in [0.1, 0.15) is 11.9 Å². The third-order valence-corrected chi connectivity index (χ3v) is 3.76. The molecule has 1 aromatic heterocycles. The van der Waals surface area contributed by atoms with Crippen LogP contribution in [0.4, 0.5) is 5.82 Å². The molecular weight excluding hydrogens is 226 g/mol. The molecule has 0 amide bonds. The maximum Gasteiger partial charge on any atom is 0.147 e. The highest BCUT2D eigenvalue weighted by Crippen LogP contribution is 2.29. The van der Waals surface area contributed by atoms with E-state index in [1.807, 2.05) is 31.9 Å². The van der Waals surface area contributed by atoms with Crippen LogP contribution >= 0.6 is 0 Å². The zero-order valence-corrected chi connectivity index (χ0v) is 11.2. The van der Waals surface area contributed by atoms with Crippen molar-refractivity contribution >= 4 is 5.82 Å². The lowest BCUT2D eigenvalue weighted by atomic mass is 10.0. The minimum Gasteiger partial charge on any atom is -0.394 e. The van der Waals surface area contributed by atoms with Crippen molar-refractivity contribution < 1.29 is 5.11 Å². The highest BCUT2D eigenvalue weighted by Gasteiger charge is 2.27. The Hall–Kier alpha value is -1.60. The molecule has 0 saturated carbocycles. The quantitative estimate of drug-likeness (QED) is 0.879. The predicted octanol–water partition coefficient (Wildman–Crippen LogP) is 1.65. The van der Waals surface area contributed by atoms with Crippen LogP contribution in [0.5, 0.6) is 0 Å². The van der Waals surface area contributed by atoms with Gasteiger partial charge in [-0.2, -0.15) is 5.26 Å². The Bertz CT molecular complexity index is 502. The number of nitrogens with zero attached hydrogens (tertiary/aromatic N) is 3. The van der Waals surface area contributed by atoms with Crippen molar-refractivity contribution in [3.8, 4) is 6.07 Å². The molecule has 0 radical (unpaired) electrons. The lowest BCUT2D eigenvalue weighted by molar-refractivity contribution is 0.215. The van der Waals surface area contributed by atoms with E-state index in [-0.39, 0.29) is 6.61 Å². The van der Waals surface area contributed by atoms with Gasteiger partial charge >= 0.3 is 0 Å². The topological polar surface area (TPSA) is 60.2 Å². The Morgan fingerprint density at radius 2 is 2.22 bits per heavy atom. The monoisotopic (exact) mass is 245 g/mol. The van der Waals surface area contributed by atoms with Crippen LogP contribution in [0.3, 0.4) is 0 Å². The molecule has 0 aliphatic heterocycles. The van der Waals surface area contributed by atoms with Gasteiger partial charge in [0, 0.05) is 12.7 Å². The van der Waals surface area contributed by atoms with Crippen LogP contribution in [0.15, 0.2) is 6.07 Å². The fourth-order valence-corrected chi connectivity index (χ4v) is 2.19. The van der Waals surface area contributed by atoms with E-state index in [0.29, 0.717) is 11.4 Å². The molecule has 1 aliphatic rings. The van der Waals surface area contributed by atoms with Crippen LogP contribution in [0.1, 0.15) is 37.1 Å². The summed E-state index contributed by atoms with van der Waals surface area (Å²) in [6.07, 6.45) is 3.12. The summed E-state index contributed by atoms with van der Waals surface area (Å²) in [6.45, 7) is 3.89. The summed E-state index contributed by atoms with van der Waals surface area (Å²) in [4.78, 5) is 6.52. The van der Waals surface area contributed by atoms with E-state index < -0.39 is 5.54 Å². The molecule has 2 rings (SSSR count). The number of aromatic nitrogens is 1. The van der Waals surface area contributed by atoms with Crippen molar-refractivity contribution in [2.45, 2.75) is 38.6 Å². The van der Waals surface area contributed by atoms with Gasteiger partial charge in [0.15, 0.2) is 0 Å². The normalized spacial score (nSPS) is 14.2. The highest BCUT2D eigenvalue weighted by molar-refractivity contribution is 5.57. The van der Waals surface area contributed by atoms with E-state index in [9.17, 15) is 10.4 Å². The number of aliphatic hydroxyl groups is 1. The molecule has 0 unspecified atom stereocenters. The van der Waals surface area contributed by atoms with Crippen LogP contribution < -0.4 is 4.90 Å². The van der Waals surface area contributed by atoms with Gasteiger partial charge in [-0.05, 0) is 44.7 Å². The maximum atomic E-state index is 9.43. The third kappa shape index (κ3) is 2.06. The molecule has 96 valence electrons. The Morgan fingerprint density at radius 1 is 1.50 bits per heavy atom. The van der Waals surface area contributed by atoms with Gasteiger partial charge in [-0.15, -0.1) is 0 Å². The molecule has 1 aromatic rings. The third-order valence-electron chi connectivity index (χ3n) is 3.76. The van der Waals surface area contributed by atoms with E-state index in [2.05, 4.69) is 11.1 Å². The molecule has 0 aromatic carbocycles. The van der Waals surface area contributed by atoms with Crippen LogP contribution in [0.25, 0.3) is 0 Å². The smallest absolute Gasteiger partial charge is 0.147 e. The first-order chi connectivity index (χ1) is 8.49. The van der Waals surface area contributed by atoms with Gasteiger partial charge in [0.05, 0.1) is 17.7 Å². The summed E-state index contributed by atoms with van der Waals surface area (Å²) in [7, 11) is 1.88. The van der Waals surface area contributed by atoms with E-state index in [1.54, 1.807) is 0 Å². The molecule has 0 saturated heterocycles. The molecule has 18 heavy (non-hydrogen) atoms. The summed E-state index contributed by atoms with van der Waals surface area (Å²) in [5.74, 6) is 0.678. The second-order valence-electron chi connectivity index (χ2n) is 5.46. The van der Waals surface area contributed by atoms with E-state index >= 15 is 0 Å². The number of nitriles is 1. The lowest BCUT2D eigenvalue weighted by Gasteiger charge is -2.35. The number of anilines is 1. The number of hydrogen-bond donors (Lipinski definition) is 1. The Balaban J connectivity index is 2.48. The van der Waals surface area contributed by atoms with Crippen LogP contribution in [-0.2, 0) is 12.8 Å². The lowest BCUT2D eigenvalue weighted by Crippen LogP contribution is -2.45. The van der Waals surface area contributed by atoms with Crippen molar-refractivity contribution in [1.29, 1.82) is 5.26 Å². The standard InChI is InChI=1S/C14H19N3O/c1-14(2,9-18)17(3)13-11(8-15)7-10-5-4-6-12(10)16-13/h7,18H,4-6,9H2,1-3H3. The van der Waals surface area contributed by atoms with Crippen molar-refractivity contribution in [3.05, 3.63) is 22.9 Å². The van der Waals surface area contributed by atoms with Gasteiger partial charge in [-0.1, -0.05) is 0 Å². The summed E-state index contributed by atoms with van der Waals surface area (Å²) in [6, 6.07) is 4.17. The molecule has 1 N–H and O–H groups in total. The van der Waals surface area contributed by atoms with Gasteiger partial charge in [0.2, 0.25) is 0 Å². The minimum atomic E-state index is -0.425. The van der Waals surface area contributed by atoms with Crippen molar-refractivity contribution in [3.63, 3.8) is 0 Å². The molecule has 0 fully saturated rings. The number of rotatable bonds is 3. The van der Waals surface area contributed by atoms with E-state index in [4.69, 9.17) is 0 Å². The Morgan fingerprint density at radius 3 is 2.83 bits per heavy atom. The fourth-order valence-electron chi connectivity index (χ4n) is 2.19. The molecule has 4 nitrogen and oxygen atoms in total. The van der Waals surface area contributed by atoms with Crippen LogP contribution in [-0.4, -0.2) is 29.3 Å². The second-order valence-corrected chi connectivity index (χ2v) is 5.46. The van der Waals surface area contributed by atoms with Crippen LogP contribution in [0, 0.1) is 11.3 Å². The summed E-state index contributed by atoms with van der Waals surface area (Å²) in [5.41, 5.74) is 2.47. The molecule has 0 spiro atoms. The summed E-state index contributed by atoms with van der Waals surface area (Å²) in [5, 5.41) is 18.7. The first kappa shape index (κ1) is 12.8. The molecule has 0 bridgehead atoms. The fraction of sp³-hybridized carbons (Fsp3) is 0.571. The number of hydrogen-bond acceptors (Lipinski definition) is 4. The number of pyridine rings is 1. The summed E-state index contributed by atoms with van der Waals surface area (Å²) >= 11 is 0. The molecule has 4 heteroatoms. The highest BCUT2D eigenvalue weighted by atomic mass is 16.3. The number of fused-ring (bicyclic) bond motifs is 1. The average Bonchev–Trinajstić information content (AvgIpc) is 2.83. The van der Waals surface area contributed by atoms with Gasteiger partial charge < -0.3 is 10.0 Å². The number of aliphatic hydroxyl groups excluding tert-OH is 1. The zero-order chi connectivity index (χ0) is 13.3. The molecule has 1 aliphatic carbocycles. The predicted molar refractivity (Wildman–Crippen MR) is 70.5 cm³/mol. The first-order valence-electron chi connectivity index (χ1n) is 6.27. The van der Waals surface area contributed by atoms with Gasteiger partial charge in [-0.25, -0.2) is 4.98 Å². The zero-order valence-electron chi connectivity index (χ0n) is 11.2. The SMILES string of the molecule is CN(c1nc2c(cc1C#N)CCC2)C(C)(C)CO. The molecular formula is C14H19N3O. The number of likely N-dealkylation sites (N-methyl/N-ethyl adjacent to an activating group) is 1. The average molecular weight is 245 g/mol. The molecule has 0 atom stereocenters. The van der Waals surface area contributed by atoms with Crippen molar-refractivity contribution in [1.82, 2.24) is 4.98 Å². The minimum absolute atomic E-state index is 0.0210. The second kappa shape index (κ2) is 4.58. The first-order valence-corrected chi connectivity index (χ1v) is 6.27. The molecule has 1 heterocycles. The number of aryl methyl sites for hydroxylation is 2. The Labute approximate surface area is 108 Å². The largest absolute Gasteiger partial charge is 0.394 e. The Kier molecular flexibility index (Phi) is 3.27. The van der Waals surface area contributed by atoms with E-state index in [0.717, 1.165) is 25.0 Å². The van der Waals surface area contributed by atoms with Gasteiger partial charge in [-0.3, -0.25) is 0 Å². The van der Waals surface area contributed by atoms with Gasteiger partial charge in [0.25, 0.3) is 0 Å². The van der Waals surface area contributed by atoms with E-state index in [1.165, 1.54) is 5.56 Å². The van der Waals surface area contributed by atoms with Crippen molar-refractivity contribution in [2.75, 3.05) is 18.6 Å². The van der Waals surface area contributed by atoms with Crippen LogP contribution in [0.2, 0.25) is 0 Å². The maximum absolute atomic E-state index is 9.43. The van der Waals surface area contributed by atoms with Crippen molar-refractivity contribution in [2.24, 2.45) is 0 Å².